The number of allylic oxidation sites excluding steroid dienone is 1. The van der Waals surface area contributed by atoms with Crippen molar-refractivity contribution in [3.05, 3.63) is 77.5 Å². The van der Waals surface area contributed by atoms with Crippen LogP contribution in [0.25, 0.3) is 6.08 Å². The Morgan fingerprint density at radius 2 is 1.90 bits per heavy atom. The van der Waals surface area contributed by atoms with Gasteiger partial charge in [0.1, 0.15) is 11.5 Å². The number of methoxy groups -OCH3 is 1. The third-order valence-electron chi connectivity index (χ3n) is 2.96. The Kier molecular flexibility index (Phi) is 4.58. The van der Waals surface area contributed by atoms with Crippen molar-refractivity contribution in [2.24, 2.45) is 4.99 Å². The Balaban J connectivity index is 0.00000147. The second-order valence-electron chi connectivity index (χ2n) is 4.23. The lowest BCUT2D eigenvalue weighted by Crippen LogP contribution is -1.92. The molecule has 0 atom stereocenters. The second-order valence-corrected chi connectivity index (χ2v) is 4.23. The van der Waals surface area contributed by atoms with Crippen LogP contribution in [0.2, 0.25) is 0 Å². The molecule has 2 heterocycles. The lowest BCUT2D eigenvalue weighted by atomic mass is 10.1. The number of aliphatic imine (C=N–C) groups is 1. The standard InChI is InChI=1S/C16H14N2O.BrH/c1-19-16-11-14(12-6-3-2-4-7-12)18-15(16)10-13-8-5-9-17-13;/h2-11,17H,1H3;1H/b15-10+;. The number of aromatic nitrogens is 1. The number of aromatic amines is 1. The van der Waals surface area contributed by atoms with E-state index in [9.17, 15) is 0 Å². The van der Waals surface area contributed by atoms with Crippen molar-refractivity contribution in [2.75, 3.05) is 7.11 Å². The molecule has 1 aliphatic heterocycles. The van der Waals surface area contributed by atoms with Crippen LogP contribution in [0.5, 0.6) is 0 Å². The predicted octanol–water partition coefficient (Wildman–Crippen LogP) is 3.97. The fourth-order valence-electron chi connectivity index (χ4n) is 2.02. The van der Waals surface area contributed by atoms with Crippen molar-refractivity contribution < 1.29 is 4.74 Å². The largest absolute Gasteiger partial charge is 0.494 e. The minimum atomic E-state index is 0. The molecule has 1 aromatic heterocycles. The summed E-state index contributed by atoms with van der Waals surface area (Å²) in [6.45, 7) is 0. The van der Waals surface area contributed by atoms with Crippen molar-refractivity contribution >= 4 is 28.8 Å². The summed E-state index contributed by atoms with van der Waals surface area (Å²) in [5.74, 6) is 0.786. The van der Waals surface area contributed by atoms with Crippen LogP contribution in [0.3, 0.4) is 0 Å². The van der Waals surface area contributed by atoms with Gasteiger partial charge in [-0.25, -0.2) is 4.99 Å². The molecule has 1 aromatic carbocycles. The van der Waals surface area contributed by atoms with E-state index in [-0.39, 0.29) is 17.0 Å². The summed E-state index contributed by atoms with van der Waals surface area (Å²) in [5.41, 5.74) is 3.86. The molecule has 1 aliphatic rings. The molecule has 4 heteroatoms. The van der Waals surface area contributed by atoms with Gasteiger partial charge in [-0.05, 0) is 18.2 Å². The maximum absolute atomic E-state index is 5.39. The number of rotatable bonds is 3. The van der Waals surface area contributed by atoms with Gasteiger partial charge in [-0.1, -0.05) is 30.3 Å². The van der Waals surface area contributed by atoms with E-state index in [1.807, 2.05) is 60.8 Å². The fraction of sp³-hybridized carbons (Fsp3) is 0.0625. The highest BCUT2D eigenvalue weighted by molar-refractivity contribution is 8.93. The molecule has 0 fully saturated rings. The van der Waals surface area contributed by atoms with Gasteiger partial charge in [-0.2, -0.15) is 0 Å². The first-order valence-corrected chi connectivity index (χ1v) is 6.12. The van der Waals surface area contributed by atoms with Crippen LogP contribution < -0.4 is 0 Å². The van der Waals surface area contributed by atoms with E-state index in [1.165, 1.54) is 0 Å². The number of hydrogen-bond acceptors (Lipinski definition) is 2. The Labute approximate surface area is 128 Å². The van der Waals surface area contributed by atoms with Crippen molar-refractivity contribution in [1.29, 1.82) is 0 Å². The monoisotopic (exact) mass is 330 g/mol. The van der Waals surface area contributed by atoms with Crippen molar-refractivity contribution in [3.8, 4) is 0 Å². The van der Waals surface area contributed by atoms with E-state index >= 15 is 0 Å². The van der Waals surface area contributed by atoms with Gasteiger partial charge < -0.3 is 9.72 Å². The van der Waals surface area contributed by atoms with Crippen molar-refractivity contribution in [3.63, 3.8) is 0 Å². The van der Waals surface area contributed by atoms with Crippen LogP contribution in [0.1, 0.15) is 11.3 Å². The molecule has 0 saturated heterocycles. The number of ether oxygens (including phenoxy) is 1. The van der Waals surface area contributed by atoms with Gasteiger partial charge in [-0.15, -0.1) is 17.0 Å². The minimum absolute atomic E-state index is 0. The van der Waals surface area contributed by atoms with Crippen LogP contribution in [0.15, 0.2) is 71.2 Å². The maximum Gasteiger partial charge on any atom is 0.146 e. The molecular weight excluding hydrogens is 316 g/mol. The zero-order valence-corrected chi connectivity index (χ0v) is 12.8. The summed E-state index contributed by atoms with van der Waals surface area (Å²) in [4.78, 5) is 7.76. The number of nitrogens with zero attached hydrogens (tertiary/aromatic N) is 1. The van der Waals surface area contributed by atoms with Gasteiger partial charge in [0.15, 0.2) is 0 Å². The van der Waals surface area contributed by atoms with Gasteiger partial charge in [0.05, 0.1) is 12.8 Å². The molecule has 2 aromatic rings. The molecule has 0 unspecified atom stereocenters. The van der Waals surface area contributed by atoms with E-state index in [2.05, 4.69) is 9.98 Å². The highest BCUT2D eigenvalue weighted by Crippen LogP contribution is 2.24. The van der Waals surface area contributed by atoms with Crippen LogP contribution in [-0.4, -0.2) is 17.8 Å². The lowest BCUT2D eigenvalue weighted by molar-refractivity contribution is 0.303. The van der Waals surface area contributed by atoms with Gasteiger partial charge >= 0.3 is 0 Å². The first-order valence-electron chi connectivity index (χ1n) is 6.12. The number of benzene rings is 1. The molecule has 0 bridgehead atoms. The second kappa shape index (κ2) is 6.39. The summed E-state index contributed by atoms with van der Waals surface area (Å²) in [6.07, 6.45) is 5.83. The number of nitrogens with one attached hydrogen (secondary N) is 1. The third kappa shape index (κ3) is 2.91. The molecule has 0 amide bonds. The van der Waals surface area contributed by atoms with E-state index in [0.717, 1.165) is 28.4 Å². The maximum atomic E-state index is 5.39. The topological polar surface area (TPSA) is 37.4 Å². The molecule has 0 saturated carbocycles. The molecule has 3 rings (SSSR count). The molecule has 0 aliphatic carbocycles. The highest BCUT2D eigenvalue weighted by atomic mass is 79.9. The van der Waals surface area contributed by atoms with Crippen LogP contribution >= 0.6 is 17.0 Å². The average Bonchev–Trinajstić information content (AvgIpc) is 3.10. The summed E-state index contributed by atoms with van der Waals surface area (Å²) in [6, 6.07) is 14.0. The van der Waals surface area contributed by atoms with Gasteiger partial charge in [0.2, 0.25) is 0 Å². The Morgan fingerprint density at radius 1 is 1.10 bits per heavy atom. The highest BCUT2D eigenvalue weighted by Gasteiger charge is 2.16. The van der Waals surface area contributed by atoms with E-state index in [4.69, 9.17) is 4.74 Å². The molecule has 0 spiro atoms. The van der Waals surface area contributed by atoms with E-state index in [0.29, 0.717) is 0 Å². The van der Waals surface area contributed by atoms with Crippen LogP contribution in [-0.2, 0) is 4.74 Å². The molecule has 1 N–H and O–H groups in total. The first-order chi connectivity index (χ1) is 9.36. The zero-order chi connectivity index (χ0) is 13.1. The molecular formula is C16H15BrN2O. The summed E-state index contributed by atoms with van der Waals surface area (Å²) < 4.78 is 5.39. The smallest absolute Gasteiger partial charge is 0.146 e. The van der Waals surface area contributed by atoms with E-state index < -0.39 is 0 Å². The first kappa shape index (κ1) is 14.3. The van der Waals surface area contributed by atoms with Gasteiger partial charge in [-0.3, -0.25) is 0 Å². The zero-order valence-electron chi connectivity index (χ0n) is 11.0. The van der Waals surface area contributed by atoms with Gasteiger partial charge in [0.25, 0.3) is 0 Å². The molecule has 20 heavy (non-hydrogen) atoms. The predicted molar refractivity (Wildman–Crippen MR) is 87.2 cm³/mol. The summed E-state index contributed by atoms with van der Waals surface area (Å²) >= 11 is 0. The lowest BCUT2D eigenvalue weighted by Gasteiger charge is -2.00. The molecule has 0 radical (unpaired) electrons. The number of H-pyrrole nitrogens is 1. The minimum Gasteiger partial charge on any atom is -0.494 e. The fourth-order valence-corrected chi connectivity index (χ4v) is 2.02. The molecule has 102 valence electrons. The number of hydrogen-bond donors (Lipinski definition) is 1. The van der Waals surface area contributed by atoms with E-state index in [1.54, 1.807) is 7.11 Å². The van der Waals surface area contributed by atoms with Crippen molar-refractivity contribution in [1.82, 2.24) is 4.98 Å². The summed E-state index contributed by atoms with van der Waals surface area (Å²) in [5, 5.41) is 0. The van der Waals surface area contributed by atoms with Crippen molar-refractivity contribution in [2.45, 2.75) is 0 Å². The Hall–Kier alpha value is -2.07. The quantitative estimate of drug-likeness (QED) is 0.908. The van der Waals surface area contributed by atoms with Crippen LogP contribution in [0, 0.1) is 0 Å². The average molecular weight is 331 g/mol. The van der Waals surface area contributed by atoms with Crippen LogP contribution in [0.4, 0.5) is 0 Å². The summed E-state index contributed by atoms with van der Waals surface area (Å²) in [7, 11) is 1.66. The normalized spacial score (nSPS) is 15.6. The molecule has 3 nitrogen and oxygen atoms in total. The Morgan fingerprint density at radius 3 is 2.55 bits per heavy atom. The Bertz CT molecular complexity index is 655. The third-order valence-corrected chi connectivity index (χ3v) is 2.96. The van der Waals surface area contributed by atoms with Gasteiger partial charge in [0, 0.05) is 23.5 Å². The SMILES string of the molecule is Br.COC1=CC(c2ccccc2)=N/C1=C/c1ccc[nH]1. The number of halogens is 1.